The van der Waals surface area contributed by atoms with Crippen molar-refractivity contribution >= 4 is 11.8 Å². The highest BCUT2D eigenvalue weighted by molar-refractivity contribution is 6.01. The van der Waals surface area contributed by atoms with E-state index in [-0.39, 0.29) is 18.2 Å². The van der Waals surface area contributed by atoms with Crippen LogP contribution in [0.2, 0.25) is 0 Å². The molecule has 6 nitrogen and oxygen atoms in total. The van der Waals surface area contributed by atoms with Gasteiger partial charge in [0.1, 0.15) is 5.75 Å². The second-order valence-electron chi connectivity index (χ2n) is 8.37. The molecule has 0 unspecified atom stereocenters. The van der Waals surface area contributed by atoms with Gasteiger partial charge in [-0.05, 0) is 64.6 Å². The maximum Gasteiger partial charge on any atom is 0.251 e. The van der Waals surface area contributed by atoms with E-state index in [4.69, 9.17) is 4.74 Å². The molecule has 4 aromatic rings. The molecule has 6 heteroatoms. The van der Waals surface area contributed by atoms with Crippen molar-refractivity contribution < 1.29 is 14.3 Å². The molecule has 182 valence electrons. The Kier molecular flexibility index (Phi) is 8.44. The normalized spacial score (nSPS) is 10.5. The van der Waals surface area contributed by atoms with Gasteiger partial charge in [0.25, 0.3) is 5.91 Å². The number of aromatic nitrogens is 1. The van der Waals surface area contributed by atoms with Crippen molar-refractivity contribution in [2.75, 3.05) is 13.7 Å². The summed E-state index contributed by atoms with van der Waals surface area (Å²) in [5, 5.41) is 6.04. The van der Waals surface area contributed by atoms with Crippen LogP contribution in [0.1, 0.15) is 27.0 Å². The number of hydrogen-bond donors (Lipinski definition) is 2. The maximum atomic E-state index is 13.1. The Labute approximate surface area is 211 Å². The van der Waals surface area contributed by atoms with Crippen LogP contribution in [-0.2, 0) is 24.2 Å². The Bertz CT molecular complexity index is 1300. The molecule has 0 fully saturated rings. The van der Waals surface area contributed by atoms with E-state index in [2.05, 4.69) is 15.6 Å². The molecule has 1 aromatic heterocycles. The van der Waals surface area contributed by atoms with Crippen LogP contribution in [0.3, 0.4) is 0 Å². The fourth-order valence-electron chi connectivity index (χ4n) is 4.00. The smallest absolute Gasteiger partial charge is 0.251 e. The van der Waals surface area contributed by atoms with E-state index < -0.39 is 0 Å². The predicted molar refractivity (Wildman–Crippen MR) is 141 cm³/mol. The van der Waals surface area contributed by atoms with Gasteiger partial charge in [0.05, 0.1) is 13.5 Å². The summed E-state index contributed by atoms with van der Waals surface area (Å²) in [4.78, 5) is 29.7. The zero-order valence-corrected chi connectivity index (χ0v) is 20.2. The van der Waals surface area contributed by atoms with Crippen molar-refractivity contribution in [3.05, 3.63) is 120 Å². The molecular weight excluding hydrogens is 450 g/mol. The first-order chi connectivity index (χ1) is 17.6. The lowest BCUT2D eigenvalue weighted by atomic mass is 9.95. The van der Waals surface area contributed by atoms with Gasteiger partial charge in [-0.2, -0.15) is 0 Å². The SMILES string of the molecule is COc1ccc(CC(=O)NCc2ccccc2-c2ccccc2C(=O)NCCc2ccncc2)cc1. The molecule has 1 heterocycles. The number of methoxy groups -OCH3 is 1. The van der Waals surface area contributed by atoms with Crippen molar-refractivity contribution in [3.63, 3.8) is 0 Å². The zero-order chi connectivity index (χ0) is 25.2. The van der Waals surface area contributed by atoms with Crippen molar-refractivity contribution in [1.29, 1.82) is 0 Å². The number of ether oxygens (including phenoxy) is 1. The molecule has 4 rings (SSSR count). The highest BCUT2D eigenvalue weighted by Gasteiger charge is 2.15. The third-order valence-electron chi connectivity index (χ3n) is 5.93. The number of pyridine rings is 1. The molecule has 36 heavy (non-hydrogen) atoms. The zero-order valence-electron chi connectivity index (χ0n) is 20.2. The second kappa shape index (κ2) is 12.3. The van der Waals surface area contributed by atoms with E-state index in [0.717, 1.165) is 40.0 Å². The van der Waals surface area contributed by atoms with Crippen LogP contribution >= 0.6 is 0 Å². The standard InChI is InChI=1S/C30H29N3O3/c1-36-25-12-10-23(11-13-25)20-29(34)33-21-24-6-2-3-7-26(24)27-8-4-5-9-28(27)30(35)32-19-16-22-14-17-31-18-15-22/h2-15,17-18H,16,19-21H2,1H3,(H,32,35)(H,33,34). The molecule has 0 aliphatic rings. The average Bonchev–Trinajstić information content (AvgIpc) is 2.93. The van der Waals surface area contributed by atoms with Crippen LogP contribution in [0.15, 0.2) is 97.3 Å². The summed E-state index contributed by atoms with van der Waals surface area (Å²) in [7, 11) is 1.61. The third-order valence-corrected chi connectivity index (χ3v) is 5.93. The van der Waals surface area contributed by atoms with Crippen LogP contribution < -0.4 is 15.4 Å². The lowest BCUT2D eigenvalue weighted by Gasteiger charge is -2.15. The van der Waals surface area contributed by atoms with Crippen LogP contribution in [0.5, 0.6) is 5.75 Å². The molecule has 0 aliphatic heterocycles. The van der Waals surface area contributed by atoms with Crippen molar-refractivity contribution in [2.45, 2.75) is 19.4 Å². The molecule has 3 aromatic carbocycles. The van der Waals surface area contributed by atoms with Gasteiger partial charge in [0.2, 0.25) is 5.91 Å². The summed E-state index contributed by atoms with van der Waals surface area (Å²) in [6.07, 6.45) is 4.51. The molecule has 0 bridgehead atoms. The highest BCUT2D eigenvalue weighted by Crippen LogP contribution is 2.27. The van der Waals surface area contributed by atoms with Crippen LogP contribution in [-0.4, -0.2) is 30.5 Å². The monoisotopic (exact) mass is 479 g/mol. The molecular formula is C30H29N3O3. The van der Waals surface area contributed by atoms with Gasteiger partial charge in [-0.1, -0.05) is 54.6 Å². The van der Waals surface area contributed by atoms with Crippen LogP contribution in [0.4, 0.5) is 0 Å². The van der Waals surface area contributed by atoms with E-state index in [0.29, 0.717) is 18.7 Å². The van der Waals surface area contributed by atoms with Crippen LogP contribution in [0, 0.1) is 0 Å². The predicted octanol–water partition coefficient (Wildman–Crippen LogP) is 4.59. The number of nitrogens with one attached hydrogen (secondary N) is 2. The Hall–Kier alpha value is -4.45. The summed E-state index contributed by atoms with van der Waals surface area (Å²) >= 11 is 0. The molecule has 0 spiro atoms. The number of rotatable bonds is 10. The Balaban J connectivity index is 1.43. The first-order valence-corrected chi connectivity index (χ1v) is 11.9. The number of nitrogens with zero attached hydrogens (tertiary/aromatic N) is 1. The van der Waals surface area contributed by atoms with Crippen LogP contribution in [0.25, 0.3) is 11.1 Å². The minimum Gasteiger partial charge on any atom is -0.497 e. The van der Waals surface area contributed by atoms with Crippen molar-refractivity contribution in [3.8, 4) is 16.9 Å². The molecule has 0 saturated heterocycles. The van der Waals surface area contributed by atoms with Gasteiger partial charge in [0, 0.05) is 31.0 Å². The Morgan fingerprint density at radius 1 is 0.778 bits per heavy atom. The maximum absolute atomic E-state index is 13.1. The summed E-state index contributed by atoms with van der Waals surface area (Å²) in [6, 6.07) is 26.7. The lowest BCUT2D eigenvalue weighted by molar-refractivity contribution is -0.120. The van der Waals surface area contributed by atoms with Crippen molar-refractivity contribution in [2.24, 2.45) is 0 Å². The van der Waals surface area contributed by atoms with E-state index in [1.807, 2.05) is 84.9 Å². The molecule has 2 amide bonds. The van der Waals surface area contributed by atoms with Gasteiger partial charge in [-0.15, -0.1) is 0 Å². The van der Waals surface area contributed by atoms with E-state index in [1.54, 1.807) is 19.5 Å². The number of carbonyl (C=O) groups is 2. The Morgan fingerprint density at radius 2 is 1.47 bits per heavy atom. The first-order valence-electron chi connectivity index (χ1n) is 11.9. The van der Waals surface area contributed by atoms with E-state index in [1.165, 1.54) is 0 Å². The third kappa shape index (κ3) is 6.57. The molecule has 0 aliphatic carbocycles. The average molecular weight is 480 g/mol. The number of hydrogen-bond acceptors (Lipinski definition) is 4. The molecule has 0 saturated carbocycles. The largest absolute Gasteiger partial charge is 0.497 e. The Morgan fingerprint density at radius 3 is 2.22 bits per heavy atom. The fourth-order valence-corrected chi connectivity index (χ4v) is 4.00. The van der Waals surface area contributed by atoms with Gasteiger partial charge in [0.15, 0.2) is 0 Å². The number of benzene rings is 3. The molecule has 0 atom stereocenters. The number of carbonyl (C=O) groups excluding carboxylic acids is 2. The summed E-state index contributed by atoms with van der Waals surface area (Å²) in [6.45, 7) is 0.892. The van der Waals surface area contributed by atoms with E-state index in [9.17, 15) is 9.59 Å². The lowest BCUT2D eigenvalue weighted by Crippen LogP contribution is -2.26. The van der Waals surface area contributed by atoms with Crippen molar-refractivity contribution in [1.82, 2.24) is 15.6 Å². The van der Waals surface area contributed by atoms with E-state index >= 15 is 0 Å². The molecule has 2 N–H and O–H groups in total. The quantitative estimate of drug-likeness (QED) is 0.349. The van der Waals surface area contributed by atoms with Gasteiger partial charge < -0.3 is 15.4 Å². The fraction of sp³-hybridized carbons (Fsp3) is 0.167. The molecule has 0 radical (unpaired) electrons. The van der Waals surface area contributed by atoms with Gasteiger partial charge in [-0.3, -0.25) is 14.6 Å². The van der Waals surface area contributed by atoms with Gasteiger partial charge in [-0.25, -0.2) is 0 Å². The summed E-state index contributed by atoms with van der Waals surface area (Å²) in [5.41, 5.74) is 5.33. The second-order valence-corrected chi connectivity index (χ2v) is 8.37. The topological polar surface area (TPSA) is 80.3 Å². The minimum absolute atomic E-state index is 0.0721. The summed E-state index contributed by atoms with van der Waals surface area (Å²) < 4.78 is 5.17. The first kappa shape index (κ1) is 24.7. The highest BCUT2D eigenvalue weighted by atomic mass is 16.5. The minimum atomic E-state index is -0.127. The summed E-state index contributed by atoms with van der Waals surface area (Å²) in [5.74, 6) is 0.559. The number of amides is 2. The van der Waals surface area contributed by atoms with Gasteiger partial charge >= 0.3 is 0 Å².